The van der Waals surface area contributed by atoms with E-state index in [1.807, 2.05) is 19.4 Å². The maximum Gasteiger partial charge on any atom is 0.0702 e. The minimum Gasteiger partial charge on any atom is -0.378 e. The summed E-state index contributed by atoms with van der Waals surface area (Å²) in [5, 5.41) is 4.81. The number of ether oxygens (including phenoxy) is 1. The molecule has 3 heteroatoms. The molecule has 1 atom stereocenters. The lowest BCUT2D eigenvalue weighted by Gasteiger charge is -2.43. The molecule has 1 fully saturated rings. The molecule has 0 aliphatic heterocycles. The van der Waals surface area contributed by atoms with Gasteiger partial charge in [0.2, 0.25) is 0 Å². The van der Waals surface area contributed by atoms with Gasteiger partial charge in [-0.2, -0.15) is 0 Å². The molecule has 1 aliphatic rings. The topological polar surface area (TPSA) is 34.1 Å². The van der Waals surface area contributed by atoms with Crippen LogP contribution in [0.5, 0.6) is 0 Å². The quantitative estimate of drug-likeness (QED) is 0.875. The van der Waals surface area contributed by atoms with E-state index in [-0.39, 0.29) is 5.60 Å². The second kappa shape index (κ2) is 6.12. The fraction of sp³-hybridized carbons (Fsp3) is 0.500. The summed E-state index contributed by atoms with van der Waals surface area (Å²) in [7, 11) is 1.85. The van der Waals surface area contributed by atoms with Crippen molar-refractivity contribution in [1.29, 1.82) is 0 Å². The SMILES string of the molecule is CCNC(CC1(OC)CCC1)c1cnc2ccccc2c1. The number of fused-ring (bicyclic) bond motifs is 1. The van der Waals surface area contributed by atoms with Gasteiger partial charge in [-0.3, -0.25) is 4.98 Å². The van der Waals surface area contributed by atoms with Crippen LogP contribution in [0.15, 0.2) is 36.5 Å². The predicted molar refractivity (Wildman–Crippen MR) is 86.4 cm³/mol. The number of nitrogens with zero attached hydrogens (tertiary/aromatic N) is 1. The number of benzene rings is 1. The van der Waals surface area contributed by atoms with Gasteiger partial charge in [0.15, 0.2) is 0 Å². The van der Waals surface area contributed by atoms with Crippen molar-refractivity contribution in [1.82, 2.24) is 10.3 Å². The van der Waals surface area contributed by atoms with E-state index in [0.717, 1.165) is 18.5 Å². The smallest absolute Gasteiger partial charge is 0.0702 e. The lowest BCUT2D eigenvalue weighted by atomic mass is 9.74. The molecule has 1 aliphatic carbocycles. The second-order valence-electron chi connectivity index (χ2n) is 6.02. The molecule has 1 saturated carbocycles. The number of methoxy groups -OCH3 is 1. The highest BCUT2D eigenvalue weighted by Crippen LogP contribution is 2.42. The van der Waals surface area contributed by atoms with E-state index >= 15 is 0 Å². The van der Waals surface area contributed by atoms with Gasteiger partial charge >= 0.3 is 0 Å². The largest absolute Gasteiger partial charge is 0.378 e. The Morgan fingerprint density at radius 2 is 2.14 bits per heavy atom. The summed E-state index contributed by atoms with van der Waals surface area (Å²) in [6, 6.07) is 10.9. The number of pyridine rings is 1. The highest BCUT2D eigenvalue weighted by Gasteiger charge is 2.39. The fourth-order valence-corrected chi connectivity index (χ4v) is 3.27. The molecule has 0 saturated heterocycles. The number of nitrogens with one attached hydrogen (secondary N) is 1. The molecule has 0 amide bonds. The number of hydrogen-bond acceptors (Lipinski definition) is 3. The average molecular weight is 284 g/mol. The Morgan fingerprint density at radius 3 is 2.81 bits per heavy atom. The molecule has 1 aromatic carbocycles. The zero-order chi connectivity index (χ0) is 14.7. The van der Waals surface area contributed by atoms with Crippen molar-refractivity contribution >= 4 is 10.9 Å². The Balaban J connectivity index is 1.87. The Bertz CT molecular complexity index is 601. The van der Waals surface area contributed by atoms with Crippen LogP contribution in [0.4, 0.5) is 0 Å². The summed E-state index contributed by atoms with van der Waals surface area (Å²) in [6.45, 7) is 3.11. The minimum absolute atomic E-state index is 0.0679. The molecule has 21 heavy (non-hydrogen) atoms. The van der Waals surface area contributed by atoms with E-state index in [1.165, 1.54) is 30.2 Å². The normalized spacial score (nSPS) is 18.4. The fourth-order valence-electron chi connectivity index (χ4n) is 3.27. The molecule has 0 spiro atoms. The van der Waals surface area contributed by atoms with Gasteiger partial charge in [0.25, 0.3) is 0 Å². The highest BCUT2D eigenvalue weighted by molar-refractivity contribution is 5.78. The number of aromatic nitrogens is 1. The van der Waals surface area contributed by atoms with Gasteiger partial charge in [-0.1, -0.05) is 25.1 Å². The molecule has 3 rings (SSSR count). The zero-order valence-corrected chi connectivity index (χ0v) is 12.9. The van der Waals surface area contributed by atoms with Crippen molar-refractivity contribution in [3.63, 3.8) is 0 Å². The van der Waals surface area contributed by atoms with Gasteiger partial charge < -0.3 is 10.1 Å². The third-order valence-electron chi connectivity index (χ3n) is 4.74. The molecule has 112 valence electrons. The van der Waals surface area contributed by atoms with E-state index in [0.29, 0.717) is 6.04 Å². The van der Waals surface area contributed by atoms with Crippen LogP contribution >= 0.6 is 0 Å². The van der Waals surface area contributed by atoms with E-state index in [9.17, 15) is 0 Å². The lowest BCUT2D eigenvalue weighted by Crippen LogP contribution is -2.42. The first kappa shape index (κ1) is 14.5. The van der Waals surface area contributed by atoms with Crippen LogP contribution in [0.2, 0.25) is 0 Å². The molecule has 0 radical (unpaired) electrons. The minimum atomic E-state index is 0.0679. The molecule has 0 bridgehead atoms. The third kappa shape index (κ3) is 2.94. The Labute approximate surface area is 126 Å². The Kier molecular flexibility index (Phi) is 4.22. The van der Waals surface area contributed by atoms with Gasteiger partial charge in [0.05, 0.1) is 11.1 Å². The van der Waals surface area contributed by atoms with Gasteiger partial charge in [0, 0.05) is 24.7 Å². The van der Waals surface area contributed by atoms with Gasteiger partial charge in [-0.15, -0.1) is 0 Å². The van der Waals surface area contributed by atoms with E-state index in [4.69, 9.17) is 4.74 Å². The average Bonchev–Trinajstić information content (AvgIpc) is 2.49. The van der Waals surface area contributed by atoms with Crippen molar-refractivity contribution < 1.29 is 4.74 Å². The third-order valence-corrected chi connectivity index (χ3v) is 4.74. The number of para-hydroxylation sites is 1. The first-order valence-corrected chi connectivity index (χ1v) is 7.89. The van der Waals surface area contributed by atoms with Crippen LogP contribution in [0, 0.1) is 0 Å². The summed E-state index contributed by atoms with van der Waals surface area (Å²) >= 11 is 0. The monoisotopic (exact) mass is 284 g/mol. The summed E-state index contributed by atoms with van der Waals surface area (Å²) in [4.78, 5) is 4.60. The predicted octanol–water partition coefficient (Wildman–Crippen LogP) is 3.84. The molecule has 3 nitrogen and oxygen atoms in total. The van der Waals surface area contributed by atoms with Crippen molar-refractivity contribution in [2.75, 3.05) is 13.7 Å². The van der Waals surface area contributed by atoms with Crippen LogP contribution in [-0.2, 0) is 4.74 Å². The molecule has 1 aromatic heterocycles. The van der Waals surface area contributed by atoms with Crippen LogP contribution in [0.25, 0.3) is 10.9 Å². The summed E-state index contributed by atoms with van der Waals surface area (Å²) in [5.74, 6) is 0. The summed E-state index contributed by atoms with van der Waals surface area (Å²) < 4.78 is 5.80. The van der Waals surface area contributed by atoms with Gasteiger partial charge in [-0.05, 0) is 49.9 Å². The lowest BCUT2D eigenvalue weighted by molar-refractivity contribution is -0.0837. The van der Waals surface area contributed by atoms with Gasteiger partial charge in [0.1, 0.15) is 0 Å². The summed E-state index contributed by atoms with van der Waals surface area (Å²) in [5.41, 5.74) is 2.39. The van der Waals surface area contributed by atoms with E-state index in [1.54, 1.807) is 0 Å². The van der Waals surface area contributed by atoms with Crippen LogP contribution in [0.3, 0.4) is 0 Å². The first-order chi connectivity index (χ1) is 10.3. The maximum atomic E-state index is 5.80. The molecule has 2 aromatic rings. The molecule has 1 unspecified atom stereocenters. The van der Waals surface area contributed by atoms with E-state index in [2.05, 4.69) is 41.5 Å². The second-order valence-corrected chi connectivity index (χ2v) is 6.02. The van der Waals surface area contributed by atoms with Crippen molar-refractivity contribution in [2.24, 2.45) is 0 Å². The van der Waals surface area contributed by atoms with E-state index < -0.39 is 0 Å². The molecular formula is C18H24N2O. The van der Waals surface area contributed by atoms with Crippen molar-refractivity contribution in [2.45, 2.75) is 44.2 Å². The Morgan fingerprint density at radius 1 is 1.33 bits per heavy atom. The standard InChI is InChI=1S/C18H24N2O/c1-3-19-17(12-18(21-2)9-6-10-18)15-11-14-7-4-5-8-16(14)20-13-15/h4-5,7-8,11,13,17,19H,3,6,9-10,12H2,1-2H3. The maximum absolute atomic E-state index is 5.80. The zero-order valence-electron chi connectivity index (χ0n) is 12.9. The number of hydrogen-bond donors (Lipinski definition) is 1. The van der Waals surface area contributed by atoms with Crippen molar-refractivity contribution in [3.8, 4) is 0 Å². The molecular weight excluding hydrogens is 260 g/mol. The molecule has 1 N–H and O–H groups in total. The van der Waals surface area contributed by atoms with Gasteiger partial charge in [-0.25, -0.2) is 0 Å². The number of rotatable bonds is 6. The van der Waals surface area contributed by atoms with Crippen LogP contribution in [-0.4, -0.2) is 24.2 Å². The summed E-state index contributed by atoms with van der Waals surface area (Å²) in [6.07, 6.45) is 6.66. The first-order valence-electron chi connectivity index (χ1n) is 7.89. The highest BCUT2D eigenvalue weighted by atomic mass is 16.5. The van der Waals surface area contributed by atoms with Crippen LogP contribution in [0.1, 0.15) is 44.2 Å². The molecule has 1 heterocycles. The van der Waals surface area contributed by atoms with Crippen LogP contribution < -0.4 is 5.32 Å². The Hall–Kier alpha value is -1.45. The van der Waals surface area contributed by atoms with Crippen molar-refractivity contribution in [3.05, 3.63) is 42.1 Å².